The highest BCUT2D eigenvalue weighted by atomic mass is 32.2. The monoisotopic (exact) mass is 460 g/mol. The molecule has 0 aliphatic rings. The van der Waals surface area contributed by atoms with Crippen LogP contribution in [0.4, 0.5) is 0 Å². The molecule has 1 aromatic heterocycles. The molecule has 170 valence electrons. The Labute approximate surface area is 194 Å². The van der Waals surface area contributed by atoms with Crippen molar-refractivity contribution in [3.63, 3.8) is 0 Å². The van der Waals surface area contributed by atoms with Crippen LogP contribution in [0.1, 0.15) is 27.8 Å². The summed E-state index contributed by atoms with van der Waals surface area (Å²) in [6, 6.07) is 22.5. The number of aryl methyl sites for hydroxylation is 3. The third-order valence-corrected chi connectivity index (χ3v) is 7.76. The molecule has 0 aliphatic heterocycles. The van der Waals surface area contributed by atoms with Gasteiger partial charge in [-0.15, -0.1) is 0 Å². The number of benzene rings is 3. The summed E-state index contributed by atoms with van der Waals surface area (Å²) in [6.07, 6.45) is 0.553. The normalized spacial score (nSPS) is 11.9. The van der Waals surface area contributed by atoms with Gasteiger partial charge < -0.3 is 4.98 Å². The molecule has 3 aromatic carbocycles. The molecule has 0 spiro atoms. The zero-order valence-electron chi connectivity index (χ0n) is 19.1. The van der Waals surface area contributed by atoms with E-state index in [0.717, 1.165) is 33.2 Å². The van der Waals surface area contributed by atoms with Gasteiger partial charge in [-0.05, 0) is 61.9 Å². The van der Waals surface area contributed by atoms with Gasteiger partial charge >= 0.3 is 0 Å². The van der Waals surface area contributed by atoms with Gasteiger partial charge in [0, 0.05) is 18.7 Å². The molecule has 0 atom stereocenters. The number of aromatic nitrogens is 1. The summed E-state index contributed by atoms with van der Waals surface area (Å²) in [5.41, 5.74) is 5.08. The van der Waals surface area contributed by atoms with Crippen molar-refractivity contribution < 1.29 is 8.42 Å². The van der Waals surface area contributed by atoms with Crippen LogP contribution < -0.4 is 5.56 Å². The maximum Gasteiger partial charge on any atom is 0.252 e. The molecule has 0 unspecified atom stereocenters. The molecule has 0 bridgehead atoms. The topological polar surface area (TPSA) is 70.2 Å². The first-order chi connectivity index (χ1) is 15.7. The molecule has 5 nitrogen and oxygen atoms in total. The summed E-state index contributed by atoms with van der Waals surface area (Å²) < 4.78 is 28.6. The number of hydrogen-bond donors (Lipinski definition) is 1. The molecule has 33 heavy (non-hydrogen) atoms. The lowest BCUT2D eigenvalue weighted by atomic mass is 10.1. The minimum absolute atomic E-state index is 0.00123. The average Bonchev–Trinajstić information content (AvgIpc) is 2.78. The van der Waals surface area contributed by atoms with Crippen LogP contribution in [-0.2, 0) is 23.0 Å². The van der Waals surface area contributed by atoms with Crippen LogP contribution in [0.25, 0.3) is 10.9 Å². The molecule has 4 rings (SSSR count). The van der Waals surface area contributed by atoms with E-state index in [1.165, 1.54) is 4.31 Å². The highest BCUT2D eigenvalue weighted by Gasteiger charge is 2.25. The minimum Gasteiger partial charge on any atom is -0.321 e. The highest BCUT2D eigenvalue weighted by Crippen LogP contribution is 2.21. The largest absolute Gasteiger partial charge is 0.321 e. The lowest BCUT2D eigenvalue weighted by Gasteiger charge is -2.22. The number of fused-ring (bicyclic) bond motifs is 1. The van der Waals surface area contributed by atoms with Gasteiger partial charge in [0.15, 0.2) is 0 Å². The number of rotatable bonds is 7. The second-order valence-corrected chi connectivity index (χ2v) is 10.5. The standard InChI is InChI=1S/C27H28N2O3S/c1-19-10-12-25(13-11-19)33(31,32)29(15-14-22-8-4-6-20(2)16-22)18-24-17-23-9-5-7-21(3)26(23)28-27(24)30/h4-13,16-17H,14-15,18H2,1-3H3,(H,28,30). The number of nitrogens with zero attached hydrogens (tertiary/aromatic N) is 1. The van der Waals surface area contributed by atoms with Gasteiger partial charge in [-0.2, -0.15) is 4.31 Å². The number of pyridine rings is 1. The van der Waals surface area contributed by atoms with Gasteiger partial charge in [0.05, 0.1) is 10.4 Å². The number of sulfonamides is 1. The summed E-state index contributed by atoms with van der Waals surface area (Å²) >= 11 is 0. The van der Waals surface area contributed by atoms with Crippen LogP contribution >= 0.6 is 0 Å². The Morgan fingerprint density at radius 3 is 2.30 bits per heavy atom. The van der Waals surface area contributed by atoms with Crippen LogP contribution in [0.5, 0.6) is 0 Å². The highest BCUT2D eigenvalue weighted by molar-refractivity contribution is 7.89. The Bertz CT molecular complexity index is 1460. The molecule has 0 fully saturated rings. The van der Waals surface area contributed by atoms with Gasteiger partial charge in [0.25, 0.3) is 5.56 Å². The summed E-state index contributed by atoms with van der Waals surface area (Å²) in [5, 5.41) is 0.885. The molecule has 4 aromatic rings. The SMILES string of the molecule is Cc1ccc(S(=O)(=O)N(CCc2cccc(C)c2)Cc2cc3cccc(C)c3[nH]c2=O)cc1. The zero-order valence-corrected chi connectivity index (χ0v) is 19.9. The predicted octanol–water partition coefficient (Wildman–Crippen LogP) is 4.89. The van der Waals surface area contributed by atoms with Crippen LogP contribution in [0.3, 0.4) is 0 Å². The lowest BCUT2D eigenvalue weighted by Crippen LogP contribution is -2.34. The van der Waals surface area contributed by atoms with E-state index >= 15 is 0 Å². The molecule has 1 N–H and O–H groups in total. The molecule has 6 heteroatoms. The smallest absolute Gasteiger partial charge is 0.252 e. The summed E-state index contributed by atoms with van der Waals surface area (Å²) in [7, 11) is -3.79. The Morgan fingerprint density at radius 2 is 1.58 bits per heavy atom. The number of hydrogen-bond acceptors (Lipinski definition) is 3. The van der Waals surface area contributed by atoms with Gasteiger partial charge in [0.1, 0.15) is 0 Å². The molecule has 0 radical (unpaired) electrons. The summed E-state index contributed by atoms with van der Waals surface area (Å²) in [6.45, 7) is 6.14. The summed E-state index contributed by atoms with van der Waals surface area (Å²) in [4.78, 5) is 16.0. The molecule has 0 saturated carbocycles. The summed E-state index contributed by atoms with van der Waals surface area (Å²) in [5.74, 6) is 0. The third-order valence-electron chi connectivity index (χ3n) is 5.90. The lowest BCUT2D eigenvalue weighted by molar-refractivity contribution is 0.408. The minimum atomic E-state index is -3.79. The first kappa shape index (κ1) is 23.0. The fourth-order valence-electron chi connectivity index (χ4n) is 4.00. The van der Waals surface area contributed by atoms with Gasteiger partial charge in [-0.25, -0.2) is 8.42 Å². The number of aromatic amines is 1. The van der Waals surface area contributed by atoms with Gasteiger partial charge in [0.2, 0.25) is 10.0 Å². The maximum absolute atomic E-state index is 13.6. The van der Waals surface area contributed by atoms with E-state index in [-0.39, 0.29) is 23.5 Å². The second kappa shape index (κ2) is 9.33. The Morgan fingerprint density at radius 1 is 0.848 bits per heavy atom. The number of H-pyrrole nitrogens is 1. The molecular formula is C27H28N2O3S. The number of nitrogens with one attached hydrogen (secondary N) is 1. The molecule has 0 saturated heterocycles. The van der Waals surface area contributed by atoms with E-state index in [9.17, 15) is 13.2 Å². The van der Waals surface area contributed by atoms with Crippen molar-refractivity contribution in [2.45, 2.75) is 38.6 Å². The fraction of sp³-hybridized carbons (Fsp3) is 0.222. The first-order valence-electron chi connectivity index (χ1n) is 11.0. The Balaban J connectivity index is 1.72. The van der Waals surface area contributed by atoms with E-state index < -0.39 is 10.0 Å². The van der Waals surface area contributed by atoms with Crippen molar-refractivity contribution >= 4 is 20.9 Å². The van der Waals surface area contributed by atoms with Crippen molar-refractivity contribution in [2.24, 2.45) is 0 Å². The van der Waals surface area contributed by atoms with E-state index in [1.54, 1.807) is 30.3 Å². The van der Waals surface area contributed by atoms with E-state index in [0.29, 0.717) is 12.0 Å². The molecule has 1 heterocycles. The van der Waals surface area contributed by atoms with Crippen molar-refractivity contribution in [1.29, 1.82) is 0 Å². The van der Waals surface area contributed by atoms with Crippen molar-refractivity contribution in [3.05, 3.63) is 111 Å². The first-order valence-corrected chi connectivity index (χ1v) is 12.4. The van der Waals surface area contributed by atoms with Crippen molar-refractivity contribution in [1.82, 2.24) is 9.29 Å². The van der Waals surface area contributed by atoms with E-state index in [1.807, 2.05) is 57.2 Å². The van der Waals surface area contributed by atoms with Crippen LogP contribution in [0, 0.1) is 20.8 Å². The second-order valence-electron chi connectivity index (χ2n) is 8.55. The number of para-hydroxylation sites is 1. The fourth-order valence-corrected chi connectivity index (χ4v) is 5.42. The molecular weight excluding hydrogens is 432 g/mol. The van der Waals surface area contributed by atoms with E-state index in [4.69, 9.17) is 0 Å². The Kier molecular flexibility index (Phi) is 6.49. The molecule has 0 aliphatic carbocycles. The van der Waals surface area contributed by atoms with Crippen LogP contribution in [0.15, 0.2) is 82.5 Å². The van der Waals surface area contributed by atoms with Crippen LogP contribution in [-0.4, -0.2) is 24.3 Å². The van der Waals surface area contributed by atoms with Gasteiger partial charge in [-0.1, -0.05) is 65.7 Å². The zero-order chi connectivity index (χ0) is 23.6. The quantitative estimate of drug-likeness (QED) is 0.427. The average molecular weight is 461 g/mol. The molecule has 0 amide bonds. The third kappa shape index (κ3) is 5.07. The van der Waals surface area contributed by atoms with Crippen molar-refractivity contribution in [2.75, 3.05) is 6.54 Å². The van der Waals surface area contributed by atoms with Crippen molar-refractivity contribution in [3.8, 4) is 0 Å². The maximum atomic E-state index is 13.6. The van der Waals surface area contributed by atoms with Gasteiger partial charge in [-0.3, -0.25) is 4.79 Å². The van der Waals surface area contributed by atoms with Crippen LogP contribution in [0.2, 0.25) is 0 Å². The van der Waals surface area contributed by atoms with E-state index in [2.05, 4.69) is 11.1 Å². The Hall–Kier alpha value is -3.22. The predicted molar refractivity (Wildman–Crippen MR) is 133 cm³/mol.